The first-order valence-electron chi connectivity index (χ1n) is 2.88. The van der Waals surface area contributed by atoms with Crippen molar-refractivity contribution in [3.63, 3.8) is 0 Å². The molecule has 0 amide bonds. The molecule has 0 aromatic heterocycles. The molecular formula is C6H11ClO3. The van der Waals surface area contributed by atoms with Gasteiger partial charge in [-0.05, 0) is 13.8 Å². The van der Waals surface area contributed by atoms with Gasteiger partial charge in [-0.25, -0.2) is 0 Å². The second-order valence-corrected chi connectivity index (χ2v) is 2.95. The van der Waals surface area contributed by atoms with Gasteiger partial charge in [-0.1, -0.05) is 11.6 Å². The van der Waals surface area contributed by atoms with Crippen molar-refractivity contribution in [3.05, 3.63) is 0 Å². The van der Waals surface area contributed by atoms with E-state index in [0.29, 0.717) is 0 Å². The normalized spacial score (nSPS) is 14.5. The van der Waals surface area contributed by atoms with Crippen molar-refractivity contribution in [1.29, 1.82) is 0 Å². The van der Waals surface area contributed by atoms with Gasteiger partial charge in [-0.2, -0.15) is 0 Å². The number of ether oxygens (including phenoxy) is 1. The van der Waals surface area contributed by atoms with Crippen LogP contribution in [0.25, 0.3) is 0 Å². The van der Waals surface area contributed by atoms with Crippen LogP contribution in [-0.4, -0.2) is 22.2 Å². The second-order valence-electron chi connectivity index (χ2n) is 2.53. The number of rotatable bonds is 2. The van der Waals surface area contributed by atoms with E-state index in [1.807, 2.05) is 0 Å². The second kappa shape index (κ2) is 3.21. The maximum atomic E-state index is 10.4. The molecule has 0 bridgehead atoms. The van der Waals surface area contributed by atoms with Crippen LogP contribution in [0.1, 0.15) is 20.8 Å². The Morgan fingerprint density at radius 3 is 2.20 bits per heavy atom. The topological polar surface area (TPSA) is 46.5 Å². The smallest absolute Gasteiger partial charge is 0.303 e. The molecule has 1 unspecified atom stereocenters. The lowest BCUT2D eigenvalue weighted by atomic mass is 10.1. The van der Waals surface area contributed by atoms with Gasteiger partial charge >= 0.3 is 5.97 Å². The van der Waals surface area contributed by atoms with Gasteiger partial charge in [0.1, 0.15) is 5.60 Å². The van der Waals surface area contributed by atoms with Crippen molar-refractivity contribution in [2.24, 2.45) is 0 Å². The fraction of sp³-hybridized carbons (Fsp3) is 0.833. The Balaban J connectivity index is 3.99. The molecule has 0 rings (SSSR count). The molecule has 0 spiro atoms. The third-order valence-corrected chi connectivity index (χ3v) is 1.51. The van der Waals surface area contributed by atoms with Gasteiger partial charge in [0.15, 0.2) is 5.56 Å². The van der Waals surface area contributed by atoms with E-state index in [0.717, 1.165) is 0 Å². The van der Waals surface area contributed by atoms with Crippen molar-refractivity contribution >= 4 is 17.6 Å². The highest BCUT2D eigenvalue weighted by Gasteiger charge is 2.28. The summed E-state index contributed by atoms with van der Waals surface area (Å²) in [7, 11) is 0. The lowest BCUT2D eigenvalue weighted by Crippen LogP contribution is -2.36. The monoisotopic (exact) mass is 166 g/mol. The standard InChI is InChI=1S/C6H11ClO3/c1-4(8)10-6(2,3)5(7)9/h5,9H,1-3H3. The molecule has 0 radical (unpaired) electrons. The Labute approximate surface area is 64.9 Å². The van der Waals surface area contributed by atoms with Crippen molar-refractivity contribution in [2.75, 3.05) is 0 Å². The molecule has 1 N–H and O–H groups in total. The first kappa shape index (κ1) is 9.72. The van der Waals surface area contributed by atoms with Crippen LogP contribution in [0.3, 0.4) is 0 Å². The van der Waals surface area contributed by atoms with E-state index >= 15 is 0 Å². The predicted octanol–water partition coefficient (Wildman–Crippen LogP) is 0.885. The van der Waals surface area contributed by atoms with E-state index in [4.69, 9.17) is 16.7 Å². The number of aliphatic hydroxyl groups is 1. The van der Waals surface area contributed by atoms with Gasteiger partial charge < -0.3 is 9.84 Å². The highest BCUT2D eigenvalue weighted by Crippen LogP contribution is 2.17. The Kier molecular flexibility index (Phi) is 3.12. The first-order chi connectivity index (χ1) is 4.36. The molecule has 0 saturated carbocycles. The van der Waals surface area contributed by atoms with E-state index in [9.17, 15) is 4.79 Å². The van der Waals surface area contributed by atoms with Gasteiger partial charge in [-0.3, -0.25) is 4.79 Å². The van der Waals surface area contributed by atoms with E-state index in [-0.39, 0.29) is 0 Å². The predicted molar refractivity (Wildman–Crippen MR) is 37.7 cm³/mol. The van der Waals surface area contributed by atoms with Crippen LogP contribution in [0.2, 0.25) is 0 Å². The summed E-state index contributed by atoms with van der Waals surface area (Å²) < 4.78 is 4.68. The van der Waals surface area contributed by atoms with Crippen LogP contribution in [0.5, 0.6) is 0 Å². The number of carbonyl (C=O) groups is 1. The summed E-state index contributed by atoms with van der Waals surface area (Å²) in [5.41, 5.74) is -2.18. The zero-order valence-electron chi connectivity index (χ0n) is 6.22. The van der Waals surface area contributed by atoms with Crippen molar-refractivity contribution in [3.8, 4) is 0 Å². The number of hydrogen-bond donors (Lipinski definition) is 1. The van der Waals surface area contributed by atoms with Crippen LogP contribution in [0, 0.1) is 0 Å². The van der Waals surface area contributed by atoms with Gasteiger partial charge in [0.2, 0.25) is 0 Å². The highest BCUT2D eigenvalue weighted by molar-refractivity contribution is 6.20. The third-order valence-electron chi connectivity index (χ3n) is 0.980. The van der Waals surface area contributed by atoms with Gasteiger partial charge in [0.05, 0.1) is 0 Å². The number of aliphatic hydroxyl groups excluding tert-OH is 1. The number of hydrogen-bond acceptors (Lipinski definition) is 3. The zero-order valence-corrected chi connectivity index (χ0v) is 6.97. The summed E-state index contributed by atoms with van der Waals surface area (Å²) in [5.74, 6) is -0.454. The lowest BCUT2D eigenvalue weighted by molar-refractivity contribution is -0.159. The van der Waals surface area contributed by atoms with E-state index in [2.05, 4.69) is 4.74 Å². The summed E-state index contributed by atoms with van der Waals surface area (Å²) in [6, 6.07) is 0. The summed E-state index contributed by atoms with van der Waals surface area (Å²) in [6.07, 6.45) is 0. The first-order valence-corrected chi connectivity index (χ1v) is 3.31. The van der Waals surface area contributed by atoms with Gasteiger partial charge in [0.25, 0.3) is 0 Å². The van der Waals surface area contributed by atoms with Crippen LogP contribution in [0.15, 0.2) is 0 Å². The Bertz CT molecular complexity index is 131. The minimum Gasteiger partial charge on any atom is -0.456 e. The molecule has 0 aromatic carbocycles. The molecule has 0 heterocycles. The van der Waals surface area contributed by atoms with Crippen LogP contribution >= 0.6 is 11.6 Å². The SMILES string of the molecule is CC(=O)OC(C)(C)C(O)Cl. The molecule has 0 saturated heterocycles. The summed E-state index contributed by atoms with van der Waals surface area (Å²) in [6.45, 7) is 4.33. The average molecular weight is 167 g/mol. The molecule has 0 aliphatic carbocycles. The quantitative estimate of drug-likeness (QED) is 0.490. The maximum absolute atomic E-state index is 10.4. The molecular weight excluding hydrogens is 156 g/mol. The summed E-state index contributed by atoms with van der Waals surface area (Å²) in [4.78, 5) is 10.4. The number of halogens is 1. The van der Waals surface area contributed by atoms with Crippen molar-refractivity contribution in [2.45, 2.75) is 31.9 Å². The van der Waals surface area contributed by atoms with Crippen LogP contribution in [0.4, 0.5) is 0 Å². The molecule has 0 aliphatic heterocycles. The molecule has 0 aromatic rings. The molecule has 0 aliphatic rings. The van der Waals surface area contributed by atoms with E-state index < -0.39 is 17.1 Å². The zero-order chi connectivity index (χ0) is 8.36. The minimum atomic E-state index is -1.17. The van der Waals surface area contributed by atoms with Gasteiger partial charge in [0, 0.05) is 6.92 Å². The fourth-order valence-corrected chi connectivity index (χ4v) is 0.464. The third kappa shape index (κ3) is 3.03. The number of carbonyl (C=O) groups excluding carboxylic acids is 1. The maximum Gasteiger partial charge on any atom is 0.303 e. The molecule has 0 fully saturated rings. The summed E-state index contributed by atoms with van der Waals surface area (Å²) >= 11 is 5.29. The van der Waals surface area contributed by atoms with Crippen LogP contribution < -0.4 is 0 Å². The molecule has 10 heavy (non-hydrogen) atoms. The Morgan fingerprint density at radius 1 is 1.70 bits per heavy atom. The van der Waals surface area contributed by atoms with Gasteiger partial charge in [-0.15, -0.1) is 0 Å². The lowest BCUT2D eigenvalue weighted by Gasteiger charge is -2.25. The largest absolute Gasteiger partial charge is 0.456 e. The fourth-order valence-electron chi connectivity index (χ4n) is 0.419. The molecule has 1 atom stereocenters. The van der Waals surface area contributed by atoms with Crippen molar-refractivity contribution in [1.82, 2.24) is 0 Å². The minimum absolute atomic E-state index is 0.454. The van der Waals surface area contributed by atoms with Crippen molar-refractivity contribution < 1.29 is 14.6 Å². The highest BCUT2D eigenvalue weighted by atomic mass is 35.5. The summed E-state index contributed by atoms with van der Waals surface area (Å²) in [5, 5.41) is 8.82. The number of alkyl halides is 1. The van der Waals surface area contributed by atoms with E-state index in [1.165, 1.54) is 20.8 Å². The average Bonchev–Trinajstić information content (AvgIpc) is 1.60. The Hall–Kier alpha value is -0.280. The molecule has 4 heteroatoms. The Morgan fingerprint density at radius 2 is 2.10 bits per heavy atom. The van der Waals surface area contributed by atoms with E-state index in [1.54, 1.807) is 0 Å². The molecule has 60 valence electrons. The number of esters is 1. The van der Waals surface area contributed by atoms with Crippen LogP contribution in [-0.2, 0) is 9.53 Å². The molecule has 3 nitrogen and oxygen atoms in total.